The lowest BCUT2D eigenvalue weighted by Gasteiger charge is -2.24. The highest BCUT2D eigenvalue weighted by atomic mass is 16.4. The van der Waals surface area contributed by atoms with Gasteiger partial charge in [-0.25, -0.2) is 0 Å². The molecule has 2 heterocycles. The molecule has 0 aliphatic carbocycles. The first-order valence-electron chi connectivity index (χ1n) is 6.52. The highest BCUT2D eigenvalue weighted by Crippen LogP contribution is 2.27. The Kier molecular flexibility index (Phi) is 2.95. The van der Waals surface area contributed by atoms with E-state index in [1.54, 1.807) is 6.20 Å². The highest BCUT2D eigenvalue weighted by molar-refractivity contribution is 5.84. The maximum Gasteiger partial charge on any atom is 0.324 e. The minimum atomic E-state index is -0.828. The number of aliphatic carboxylic acids is 1. The number of carbonyl (C=O) groups is 1. The average molecular weight is 256 g/mol. The normalized spacial score (nSPS) is 22.7. The standard InChI is InChI=1S/C15H16N2O2/c18-14(19)15(7-3-9-17-15)10-12-5-1-4-11-6-2-8-16-13(11)12/h1-2,4-6,8,17H,3,7,9-10H2,(H,18,19). The number of carboxylic acid groups (broad SMARTS) is 1. The fraction of sp³-hybridized carbons (Fsp3) is 0.333. The molecule has 1 aromatic heterocycles. The number of rotatable bonds is 3. The monoisotopic (exact) mass is 256 g/mol. The van der Waals surface area contributed by atoms with Gasteiger partial charge in [0.05, 0.1) is 5.52 Å². The van der Waals surface area contributed by atoms with Crippen LogP contribution in [0.15, 0.2) is 36.5 Å². The number of hydrogen-bond acceptors (Lipinski definition) is 3. The predicted molar refractivity (Wildman–Crippen MR) is 73.1 cm³/mol. The number of fused-ring (bicyclic) bond motifs is 1. The molecule has 0 saturated carbocycles. The number of aromatic nitrogens is 1. The first-order chi connectivity index (χ1) is 9.21. The van der Waals surface area contributed by atoms with E-state index in [0.717, 1.165) is 29.4 Å². The van der Waals surface area contributed by atoms with Crippen molar-refractivity contribution in [2.24, 2.45) is 0 Å². The third kappa shape index (κ3) is 2.08. The van der Waals surface area contributed by atoms with Gasteiger partial charge < -0.3 is 10.4 Å². The van der Waals surface area contributed by atoms with Crippen molar-refractivity contribution < 1.29 is 9.90 Å². The quantitative estimate of drug-likeness (QED) is 0.881. The zero-order valence-electron chi connectivity index (χ0n) is 10.6. The molecule has 0 bridgehead atoms. The van der Waals surface area contributed by atoms with Crippen LogP contribution in [0.2, 0.25) is 0 Å². The predicted octanol–water partition coefficient (Wildman–Crippen LogP) is 1.98. The molecule has 1 aliphatic heterocycles. The molecule has 4 nitrogen and oxygen atoms in total. The van der Waals surface area contributed by atoms with Crippen LogP contribution in [-0.4, -0.2) is 28.1 Å². The largest absolute Gasteiger partial charge is 0.480 e. The third-order valence-corrected chi connectivity index (χ3v) is 3.86. The molecule has 4 heteroatoms. The summed E-state index contributed by atoms with van der Waals surface area (Å²) in [5.41, 5.74) is 1.07. The van der Waals surface area contributed by atoms with Crippen molar-refractivity contribution in [3.8, 4) is 0 Å². The van der Waals surface area contributed by atoms with Crippen molar-refractivity contribution in [1.82, 2.24) is 10.3 Å². The van der Waals surface area contributed by atoms with E-state index >= 15 is 0 Å². The molecule has 0 radical (unpaired) electrons. The summed E-state index contributed by atoms with van der Waals surface area (Å²) in [5, 5.41) is 13.7. The van der Waals surface area contributed by atoms with Gasteiger partial charge in [-0.1, -0.05) is 24.3 Å². The van der Waals surface area contributed by atoms with Crippen LogP contribution in [0.3, 0.4) is 0 Å². The molecule has 19 heavy (non-hydrogen) atoms. The Hall–Kier alpha value is -1.94. The van der Waals surface area contributed by atoms with E-state index < -0.39 is 11.5 Å². The molecule has 3 rings (SSSR count). The second-order valence-electron chi connectivity index (χ2n) is 5.09. The molecule has 1 aromatic carbocycles. The summed E-state index contributed by atoms with van der Waals surface area (Å²) >= 11 is 0. The summed E-state index contributed by atoms with van der Waals surface area (Å²) in [5.74, 6) is -0.766. The SMILES string of the molecule is O=C(O)C1(Cc2cccc3cccnc23)CCCN1. The lowest BCUT2D eigenvalue weighted by Crippen LogP contribution is -2.49. The average Bonchev–Trinajstić information content (AvgIpc) is 2.89. The summed E-state index contributed by atoms with van der Waals surface area (Å²) < 4.78 is 0. The number of hydrogen-bond donors (Lipinski definition) is 2. The Labute approximate surface area is 111 Å². The first kappa shape index (κ1) is 12.1. The van der Waals surface area contributed by atoms with E-state index in [1.807, 2.05) is 30.3 Å². The van der Waals surface area contributed by atoms with Gasteiger partial charge in [-0.2, -0.15) is 0 Å². The van der Waals surface area contributed by atoms with Crippen LogP contribution in [-0.2, 0) is 11.2 Å². The van der Waals surface area contributed by atoms with Crippen molar-refractivity contribution in [2.45, 2.75) is 24.8 Å². The van der Waals surface area contributed by atoms with Gasteiger partial charge in [-0.15, -0.1) is 0 Å². The van der Waals surface area contributed by atoms with Crippen molar-refractivity contribution in [1.29, 1.82) is 0 Å². The summed E-state index contributed by atoms with van der Waals surface area (Å²) in [6, 6.07) is 9.83. The molecule has 1 unspecified atom stereocenters. The Morgan fingerprint density at radius 1 is 1.37 bits per heavy atom. The Bertz CT molecular complexity index is 613. The molecule has 1 aliphatic rings. The van der Waals surface area contributed by atoms with Crippen LogP contribution in [0.1, 0.15) is 18.4 Å². The molecular formula is C15H16N2O2. The fourth-order valence-corrected chi connectivity index (χ4v) is 2.85. The van der Waals surface area contributed by atoms with E-state index in [1.165, 1.54) is 0 Å². The molecule has 0 spiro atoms. The van der Waals surface area contributed by atoms with Crippen molar-refractivity contribution in [3.05, 3.63) is 42.1 Å². The number of pyridine rings is 1. The molecule has 2 N–H and O–H groups in total. The number of nitrogens with one attached hydrogen (secondary N) is 1. The van der Waals surface area contributed by atoms with E-state index in [0.29, 0.717) is 12.8 Å². The van der Waals surface area contributed by atoms with E-state index in [9.17, 15) is 9.90 Å². The van der Waals surface area contributed by atoms with Crippen LogP contribution in [0.5, 0.6) is 0 Å². The number of carboxylic acids is 1. The zero-order valence-corrected chi connectivity index (χ0v) is 10.6. The number of nitrogens with zero attached hydrogens (tertiary/aromatic N) is 1. The topological polar surface area (TPSA) is 62.2 Å². The first-order valence-corrected chi connectivity index (χ1v) is 6.52. The minimum Gasteiger partial charge on any atom is -0.480 e. The molecule has 1 atom stereocenters. The van der Waals surface area contributed by atoms with E-state index in [2.05, 4.69) is 10.3 Å². The van der Waals surface area contributed by atoms with Gasteiger partial charge in [-0.05, 0) is 31.0 Å². The van der Waals surface area contributed by atoms with Gasteiger partial charge in [0.1, 0.15) is 5.54 Å². The van der Waals surface area contributed by atoms with Gasteiger partial charge in [0, 0.05) is 18.0 Å². The molecule has 98 valence electrons. The second-order valence-corrected chi connectivity index (χ2v) is 5.09. The zero-order chi connectivity index (χ0) is 13.3. The lowest BCUT2D eigenvalue weighted by molar-refractivity contribution is -0.144. The Morgan fingerprint density at radius 2 is 2.21 bits per heavy atom. The minimum absolute atomic E-state index is 0.483. The van der Waals surface area contributed by atoms with E-state index in [-0.39, 0.29) is 0 Å². The molecule has 1 fully saturated rings. The van der Waals surface area contributed by atoms with Crippen LogP contribution in [0.25, 0.3) is 10.9 Å². The van der Waals surface area contributed by atoms with Crippen LogP contribution < -0.4 is 5.32 Å². The maximum atomic E-state index is 11.6. The van der Waals surface area contributed by atoms with Crippen molar-refractivity contribution in [2.75, 3.05) is 6.54 Å². The Morgan fingerprint density at radius 3 is 2.95 bits per heavy atom. The fourth-order valence-electron chi connectivity index (χ4n) is 2.85. The maximum absolute atomic E-state index is 11.6. The van der Waals surface area contributed by atoms with Gasteiger partial charge in [0.15, 0.2) is 0 Å². The summed E-state index contributed by atoms with van der Waals surface area (Å²) in [6.07, 6.45) is 3.81. The second kappa shape index (κ2) is 4.63. The van der Waals surface area contributed by atoms with Crippen molar-refractivity contribution >= 4 is 16.9 Å². The third-order valence-electron chi connectivity index (χ3n) is 3.86. The summed E-state index contributed by atoms with van der Waals surface area (Å²) in [6.45, 7) is 0.768. The molecule has 0 amide bonds. The summed E-state index contributed by atoms with van der Waals surface area (Å²) in [4.78, 5) is 16.0. The Balaban J connectivity index is 2.03. The number of benzene rings is 1. The summed E-state index contributed by atoms with van der Waals surface area (Å²) in [7, 11) is 0. The smallest absolute Gasteiger partial charge is 0.324 e. The number of para-hydroxylation sites is 1. The van der Waals surface area contributed by atoms with E-state index in [4.69, 9.17) is 0 Å². The molecule has 1 saturated heterocycles. The van der Waals surface area contributed by atoms with Gasteiger partial charge in [-0.3, -0.25) is 9.78 Å². The van der Waals surface area contributed by atoms with Gasteiger partial charge in [0.2, 0.25) is 0 Å². The van der Waals surface area contributed by atoms with Gasteiger partial charge >= 0.3 is 5.97 Å². The highest BCUT2D eigenvalue weighted by Gasteiger charge is 2.41. The van der Waals surface area contributed by atoms with Crippen LogP contribution in [0, 0.1) is 0 Å². The van der Waals surface area contributed by atoms with Crippen LogP contribution in [0.4, 0.5) is 0 Å². The van der Waals surface area contributed by atoms with Crippen LogP contribution >= 0.6 is 0 Å². The van der Waals surface area contributed by atoms with Gasteiger partial charge in [0.25, 0.3) is 0 Å². The van der Waals surface area contributed by atoms with Crippen molar-refractivity contribution in [3.63, 3.8) is 0 Å². The molecular weight excluding hydrogens is 240 g/mol. The molecule has 2 aromatic rings. The lowest BCUT2D eigenvalue weighted by atomic mass is 9.88.